The van der Waals surface area contributed by atoms with Crippen LogP contribution in [-0.2, 0) is 126 Å². The lowest BCUT2D eigenvalue weighted by Crippen LogP contribution is -2.62. The van der Waals surface area contributed by atoms with Crippen molar-refractivity contribution < 1.29 is 126 Å². The molecule has 0 aromatic heterocycles. The Morgan fingerprint density at radius 2 is 0.449 bits per heavy atom. The molecule has 0 aliphatic carbocycles. The molecule has 408 valence electrons. The van der Waals surface area contributed by atoms with Crippen LogP contribution in [0.3, 0.4) is 0 Å². The van der Waals surface area contributed by atoms with Crippen LogP contribution in [0.15, 0.2) is 0 Å². The quantitative estimate of drug-likeness (QED) is 0.0907. The van der Waals surface area contributed by atoms with E-state index in [0.717, 1.165) is 0 Å². The van der Waals surface area contributed by atoms with E-state index in [1.807, 2.05) is 0 Å². The third-order valence-corrected chi connectivity index (χ3v) is 15.6. The largest absolute Gasteiger partial charge is 0.488 e. The summed E-state index contributed by atoms with van der Waals surface area (Å²) < 4.78 is 180. The van der Waals surface area contributed by atoms with Gasteiger partial charge in [-0.25, -0.2) is 9.13 Å². The maximum absolute atomic E-state index is 16.1. The van der Waals surface area contributed by atoms with Crippen LogP contribution < -0.4 is 0 Å². The van der Waals surface area contributed by atoms with Gasteiger partial charge in [-0.3, -0.25) is 18.1 Å². The molecule has 0 spiro atoms. The number of ether oxygens (including phenoxy) is 20. The summed E-state index contributed by atoms with van der Waals surface area (Å²) >= 11 is 0. The van der Waals surface area contributed by atoms with Gasteiger partial charge in [0.05, 0.1) is 26.4 Å². The first-order chi connectivity index (χ1) is 33.2. The highest BCUT2D eigenvalue weighted by atomic mass is 31.3. The molecule has 4 heterocycles. The molecule has 4 saturated heterocycles. The molecule has 0 N–H and O–H groups in total. The number of rotatable bonds is 30. The highest BCUT2D eigenvalue weighted by molar-refractivity contribution is 7.62. The third kappa shape index (κ3) is 14.4. The second-order valence-corrected chi connectivity index (χ2v) is 19.1. The average molecular weight is 1050 g/mol. The van der Waals surface area contributed by atoms with Gasteiger partial charge in [-0.2, -0.15) is 4.31 Å². The molecule has 0 aromatic rings. The first-order valence-corrected chi connectivity index (χ1v) is 24.7. The highest BCUT2D eigenvalue weighted by Gasteiger charge is 2.60. The molecule has 0 bridgehead atoms. The lowest BCUT2D eigenvalue weighted by atomic mass is 9.98. The molecule has 0 radical (unpaired) electrons. The minimum atomic E-state index is -5.68. The van der Waals surface area contributed by atoms with E-state index in [4.69, 9.17) is 117 Å². The summed E-state index contributed by atoms with van der Waals surface area (Å²) in [5.74, 6) is 0. The van der Waals surface area contributed by atoms with Gasteiger partial charge in [-0.05, 0) is 0 Å². The van der Waals surface area contributed by atoms with Gasteiger partial charge in [-0.1, -0.05) is 0 Å². The molecule has 4 unspecified atom stereocenters. The van der Waals surface area contributed by atoms with E-state index in [1.165, 1.54) is 114 Å². The summed E-state index contributed by atoms with van der Waals surface area (Å²) in [5, 5.41) is 0. The summed E-state index contributed by atoms with van der Waals surface area (Å²) in [7, 11) is 11.0. The van der Waals surface area contributed by atoms with E-state index in [-0.39, 0.29) is 26.4 Å². The number of hydrogen-bond donors (Lipinski definition) is 0. The van der Waals surface area contributed by atoms with E-state index in [0.29, 0.717) is 0 Å². The topological polar surface area (TPSA) is 265 Å². The van der Waals surface area contributed by atoms with Crippen molar-refractivity contribution in [2.45, 2.75) is 123 Å². The number of hydrogen-bond acceptors (Lipinski definition) is 27. The van der Waals surface area contributed by atoms with Crippen molar-refractivity contribution in [1.29, 1.82) is 0 Å². The van der Waals surface area contributed by atoms with Crippen LogP contribution in [-0.4, -0.2) is 263 Å². The third-order valence-electron chi connectivity index (χ3n) is 12.1. The molecule has 69 heavy (non-hydrogen) atoms. The first-order valence-electron chi connectivity index (χ1n) is 21.8. The molecule has 29 heteroatoms. The maximum Gasteiger partial charge on any atom is 0.488 e. The fourth-order valence-electron chi connectivity index (χ4n) is 9.01. The van der Waals surface area contributed by atoms with Gasteiger partial charge in [0.2, 0.25) is 0 Å². The van der Waals surface area contributed by atoms with E-state index < -0.39 is 138 Å². The fraction of sp³-hybridized carbons (Fsp3) is 1.00. The van der Waals surface area contributed by atoms with Gasteiger partial charge in [0.15, 0.2) is 25.2 Å². The van der Waals surface area contributed by atoms with Crippen LogP contribution in [0.1, 0.15) is 0 Å². The SMILES string of the molecule is COC[C@H]1OC(OP(=O)(OC2O[C@H](COC)[C@@H](OC)[C@H](OC)[C@@H]2OC)OP(=O)(OC2O[C@H](COC)[C@@H](OC)[C@H](OC)[C@@H]2OC)OC2O[C@H](COC)[C@@H](OC)[C@H](OC)[C@@H]2OC)[C@@H](OC)[C@@H](OC)[C@@H]1OC. The zero-order valence-electron chi connectivity index (χ0n) is 42.3. The molecular formula is C40H76O27P2. The Bertz CT molecular complexity index is 1330. The Balaban J connectivity index is 1.97. The van der Waals surface area contributed by atoms with Gasteiger partial charge in [0.1, 0.15) is 97.7 Å². The van der Waals surface area contributed by atoms with Crippen LogP contribution in [0.5, 0.6) is 0 Å². The summed E-state index contributed by atoms with van der Waals surface area (Å²) in [4.78, 5) is 0. The molecule has 27 nitrogen and oxygen atoms in total. The van der Waals surface area contributed by atoms with E-state index in [1.54, 1.807) is 0 Å². The van der Waals surface area contributed by atoms with Crippen molar-refractivity contribution in [3.05, 3.63) is 0 Å². The summed E-state index contributed by atoms with van der Waals surface area (Å²) in [5.41, 5.74) is 0. The smallest absolute Gasteiger partial charge is 0.382 e. The molecular weight excluding hydrogens is 974 g/mol. The molecule has 4 fully saturated rings. The summed E-state index contributed by atoms with van der Waals surface area (Å²) in [6.45, 7) is -0.326. The van der Waals surface area contributed by atoms with Gasteiger partial charge >= 0.3 is 15.6 Å². The molecule has 4 rings (SSSR count). The summed E-state index contributed by atoms with van der Waals surface area (Å²) in [6.07, 6.45) is -23.0. The average Bonchev–Trinajstić information content (AvgIpc) is 3.33. The van der Waals surface area contributed by atoms with Gasteiger partial charge in [0.25, 0.3) is 0 Å². The van der Waals surface area contributed by atoms with Crippen LogP contribution in [0.4, 0.5) is 0 Å². The lowest BCUT2D eigenvalue weighted by Gasteiger charge is -2.47. The van der Waals surface area contributed by atoms with Crippen molar-refractivity contribution in [2.24, 2.45) is 0 Å². The molecule has 0 saturated carbocycles. The second kappa shape index (κ2) is 29.5. The zero-order valence-corrected chi connectivity index (χ0v) is 44.1. The predicted molar refractivity (Wildman–Crippen MR) is 232 cm³/mol. The zero-order chi connectivity index (χ0) is 51.1. The van der Waals surface area contributed by atoms with Crippen molar-refractivity contribution in [3.8, 4) is 0 Å². The van der Waals surface area contributed by atoms with E-state index in [2.05, 4.69) is 0 Å². The van der Waals surface area contributed by atoms with Crippen LogP contribution in [0.2, 0.25) is 0 Å². The minimum absolute atomic E-state index is 0.0814. The Morgan fingerprint density at radius 3 is 0.594 bits per heavy atom. The number of methoxy groups -OCH3 is 16. The number of phosphoric acid groups is 2. The first kappa shape index (κ1) is 61.0. The molecule has 0 aromatic carbocycles. The normalized spacial score (nSPS) is 40.6. The molecule has 4 aliphatic rings. The van der Waals surface area contributed by atoms with Crippen LogP contribution in [0.25, 0.3) is 0 Å². The van der Waals surface area contributed by atoms with Gasteiger partial charge in [-0.15, -0.1) is 0 Å². The number of phosphoric ester groups is 2. The Kier molecular flexibility index (Phi) is 26.1. The molecule has 4 aliphatic heterocycles. The minimum Gasteiger partial charge on any atom is -0.382 e. The van der Waals surface area contributed by atoms with Crippen LogP contribution >= 0.6 is 15.6 Å². The highest BCUT2D eigenvalue weighted by Crippen LogP contribution is 2.69. The Hall–Kier alpha value is -0.540. The van der Waals surface area contributed by atoms with Crippen molar-refractivity contribution in [1.82, 2.24) is 0 Å². The maximum atomic E-state index is 16.1. The Labute approximate surface area is 404 Å². The van der Waals surface area contributed by atoms with Crippen LogP contribution in [0, 0.1) is 0 Å². The van der Waals surface area contributed by atoms with E-state index >= 15 is 9.13 Å². The Morgan fingerprint density at radius 1 is 0.275 bits per heavy atom. The monoisotopic (exact) mass is 1050 g/mol. The predicted octanol–water partition coefficient (Wildman–Crippen LogP) is 0.951. The summed E-state index contributed by atoms with van der Waals surface area (Å²) in [6, 6.07) is 0. The van der Waals surface area contributed by atoms with Crippen molar-refractivity contribution in [3.63, 3.8) is 0 Å². The fourth-order valence-corrected chi connectivity index (χ4v) is 12.4. The second-order valence-electron chi connectivity index (χ2n) is 15.8. The van der Waals surface area contributed by atoms with E-state index in [9.17, 15) is 0 Å². The van der Waals surface area contributed by atoms with Crippen molar-refractivity contribution >= 4 is 15.6 Å². The molecule has 0 amide bonds. The molecule has 20 atom stereocenters. The van der Waals surface area contributed by atoms with Crippen molar-refractivity contribution in [2.75, 3.05) is 140 Å². The standard InChI is InChI=1S/C40H76O27P2/c1-43-17-21-25(47-5)29(51-9)33(55-13)37(59-21)63-68(41,64-38-34(56-14)30(52-10)26(48-6)22(60-38)18-44-2)67-69(42,65-39-35(57-15)31(53-11)27(49-7)23(61-39)19-45-3)66-40-36(58-16)32(54-12)28(50-8)24(62-40)20-46-4/h21-40H,17-20H2,1-16H3/t21-,22-,23-,24-,25-,26-,27-,28-,29+,30+,31+,32+,33+,34+,35+,36+,37?,38?,39?,40?,68?,69?/m1/s1. The van der Waals surface area contributed by atoms with Gasteiger partial charge < -0.3 is 94.7 Å². The van der Waals surface area contributed by atoms with Gasteiger partial charge in [0, 0.05) is 114 Å². The lowest BCUT2D eigenvalue weighted by molar-refractivity contribution is -0.312.